The van der Waals surface area contributed by atoms with Crippen molar-refractivity contribution in [2.24, 2.45) is 0 Å². The third kappa shape index (κ3) is 26.8. The van der Waals surface area contributed by atoms with Gasteiger partial charge in [0, 0.05) is 90.1 Å². The van der Waals surface area contributed by atoms with Crippen LogP contribution in [-0.2, 0) is 0 Å². The van der Waals surface area contributed by atoms with Crippen LogP contribution in [0.25, 0.3) is 78.4 Å². The van der Waals surface area contributed by atoms with Crippen molar-refractivity contribution in [3.8, 4) is 126 Å². The number of allylic oxidation sites excluding steroid dienone is 16. The zero-order valence-electron chi connectivity index (χ0n) is 84.7. The number of hydrogen-bond donors (Lipinski definition) is 0. The van der Waals surface area contributed by atoms with E-state index >= 15 is 0 Å². The maximum absolute atomic E-state index is 4.74. The molecule has 17 aromatic carbocycles. The quantitative estimate of drug-likeness (QED) is 0.0394. The van der Waals surface area contributed by atoms with Gasteiger partial charge in [-0.05, 0) is 385 Å². The Morgan fingerprint density at radius 1 is 0.265 bits per heavy atom. The van der Waals surface area contributed by atoms with Gasteiger partial charge < -0.3 is 9.80 Å². The summed E-state index contributed by atoms with van der Waals surface area (Å²) in [5.74, 6) is 33.5. The summed E-state index contributed by atoms with van der Waals surface area (Å²) in [6.07, 6.45) is 21.7. The van der Waals surface area contributed by atoms with E-state index in [1.165, 1.54) is 89.0 Å². The first-order chi connectivity index (χ1) is 71.5. The van der Waals surface area contributed by atoms with Gasteiger partial charge in [-0.2, -0.15) is 0 Å². The molecule has 0 atom stereocenters. The molecule has 0 heterocycles. The Kier molecular flexibility index (Phi) is 32.2. The Labute approximate surface area is 870 Å². The van der Waals surface area contributed by atoms with Gasteiger partial charge in [0.05, 0.1) is 0 Å². The zero-order chi connectivity index (χ0) is 102. The highest BCUT2D eigenvalue weighted by Gasteiger charge is 2.20. The molecule has 2 heteroatoms. The predicted octanol–water partition coefficient (Wildman–Crippen LogP) is 36.5. The van der Waals surface area contributed by atoms with Crippen LogP contribution in [0.5, 0.6) is 0 Å². The molecule has 17 rings (SSSR count). The Bertz CT molecular complexity index is 7840. The van der Waals surface area contributed by atoms with Crippen LogP contribution in [-0.4, -0.2) is 0 Å². The van der Waals surface area contributed by atoms with Crippen molar-refractivity contribution >= 4 is 40.1 Å². The summed E-state index contributed by atoms with van der Waals surface area (Å²) >= 11 is 0. The molecule has 2 nitrogen and oxygen atoms in total. The van der Waals surface area contributed by atoms with Gasteiger partial charge in [0.2, 0.25) is 0 Å². The molecule has 0 fully saturated rings. The largest absolute Gasteiger partial charge is 0.311 e. The topological polar surface area (TPSA) is 6.48 Å². The number of benzene rings is 17. The van der Waals surface area contributed by atoms with Gasteiger partial charge in [-0.1, -0.05) is 392 Å². The molecule has 0 aliphatic rings. The van der Waals surface area contributed by atoms with Crippen LogP contribution in [0.15, 0.2) is 534 Å². The molecule has 0 N–H and O–H groups in total. The molecule has 147 heavy (non-hydrogen) atoms. The summed E-state index contributed by atoms with van der Waals surface area (Å²) in [6.45, 7) is 43.6. The second kappa shape index (κ2) is 47.5. The highest BCUT2D eigenvalue weighted by molar-refractivity contribution is 5.86. The molecule has 0 aliphatic heterocycles. The molecule has 0 spiro atoms. The van der Waals surface area contributed by atoms with Crippen molar-refractivity contribution in [2.45, 2.75) is 61.3 Å². The smallest absolute Gasteiger partial charge is 0.0462 e. The molecule has 0 saturated carbocycles. The molecular formula is C145H114N2. The highest BCUT2D eigenvalue weighted by atomic mass is 15.1. The highest BCUT2D eigenvalue weighted by Crippen LogP contribution is 2.41. The van der Waals surface area contributed by atoms with Crippen molar-refractivity contribution in [3.63, 3.8) is 0 Å². The summed E-state index contributed by atoms with van der Waals surface area (Å²) in [7, 11) is 0. The fraction of sp³-hybridized carbons (Fsp3) is 0.0621. The minimum absolute atomic E-state index is 0.248. The molecule has 704 valence electrons. The Balaban J connectivity index is 0.601. The van der Waals surface area contributed by atoms with Gasteiger partial charge in [-0.25, -0.2) is 0 Å². The third-order valence-electron chi connectivity index (χ3n) is 25.9. The van der Waals surface area contributed by atoms with E-state index in [1.807, 2.05) is 60.7 Å². The summed E-state index contributed by atoms with van der Waals surface area (Å²) in [6, 6.07) is 142. The van der Waals surface area contributed by atoms with Gasteiger partial charge in [0.1, 0.15) is 0 Å². The average Bonchev–Trinajstić information content (AvgIpc) is 0.802. The fourth-order valence-electron chi connectivity index (χ4n) is 17.2. The molecule has 0 aliphatic carbocycles. The lowest BCUT2D eigenvalue weighted by molar-refractivity contribution is 0.981. The molecule has 0 amide bonds. The monoisotopic (exact) mass is 1880 g/mol. The lowest BCUT2D eigenvalue weighted by Gasteiger charge is -2.26. The van der Waals surface area contributed by atoms with E-state index in [9.17, 15) is 0 Å². The van der Waals surface area contributed by atoms with Crippen LogP contribution < -0.4 is 9.80 Å². The average molecular weight is 1880 g/mol. The number of rotatable bonds is 26. The molecule has 0 bridgehead atoms. The lowest BCUT2D eigenvalue weighted by Crippen LogP contribution is -2.14. The summed E-state index contributed by atoms with van der Waals surface area (Å²) in [4.78, 5) is 4.47. The number of aryl methyl sites for hydroxylation is 8. The van der Waals surface area contributed by atoms with Crippen molar-refractivity contribution in [2.75, 3.05) is 9.80 Å². The van der Waals surface area contributed by atoms with Crippen molar-refractivity contribution < 1.29 is 0 Å². The summed E-state index contributed by atoms with van der Waals surface area (Å²) < 4.78 is 0. The summed E-state index contributed by atoms with van der Waals surface area (Å²) in [5, 5.41) is 0. The van der Waals surface area contributed by atoms with Crippen molar-refractivity contribution in [1.82, 2.24) is 0 Å². The number of nitrogens with zero attached hydrogens (tertiary/aromatic N) is 2. The lowest BCUT2D eigenvalue weighted by atomic mass is 9.84. The first-order valence-electron chi connectivity index (χ1n) is 49.5. The molecule has 0 saturated heterocycles. The van der Waals surface area contributed by atoms with E-state index in [4.69, 9.17) is 6.58 Å². The Morgan fingerprint density at radius 2 is 0.537 bits per heavy atom. The van der Waals surface area contributed by atoms with E-state index in [1.54, 1.807) is 0 Å². The first-order valence-corrected chi connectivity index (χ1v) is 49.5. The maximum Gasteiger partial charge on any atom is 0.0462 e. The molecule has 17 aromatic rings. The van der Waals surface area contributed by atoms with Crippen LogP contribution in [0.2, 0.25) is 0 Å². The normalized spacial score (nSPS) is 11.2. The molecule has 0 unspecified atom stereocenters. The minimum Gasteiger partial charge on any atom is -0.311 e. The second-order valence-corrected chi connectivity index (χ2v) is 37.4. The van der Waals surface area contributed by atoms with E-state index in [-0.39, 0.29) is 5.92 Å². The SMILES string of the molecule is C=C/C(=C\C=C\C#Cc1ccc(/C=C/C(=C\C(=C)C(=C)/C=C\C(=C)C#CC(=C)/C=C\C(=C)C(c2ccc(C#Cc3ccc(-c4cc(-c5ccc(C)cc5)cc(-c5ccc(C)cc5)c4)cc3)cc2)c2ccc(C#Cc3ccc(-c4cc(-c5ccc(C)cc5)cc(-c5ccc(C)cc5)c4)cc3)cc2)c2ccc(C#Cc3ccc(N(c4ccc(C)cc4)c4ccc(C)cc4)cc3)cc2)cc1)N(c1ccc(C)cc1)c1ccc(C)cc1. The van der Waals surface area contributed by atoms with Crippen LogP contribution in [0.3, 0.4) is 0 Å². The number of hydrogen-bond acceptors (Lipinski definition) is 2. The molecular weight excluding hydrogens is 1770 g/mol. The summed E-state index contributed by atoms with van der Waals surface area (Å²) in [5.41, 5.74) is 44.5. The van der Waals surface area contributed by atoms with Gasteiger partial charge in [0.15, 0.2) is 0 Å². The van der Waals surface area contributed by atoms with Gasteiger partial charge in [-0.15, -0.1) is 0 Å². The molecule has 0 radical (unpaired) electrons. The maximum atomic E-state index is 4.74. The van der Waals surface area contributed by atoms with Gasteiger partial charge in [0.25, 0.3) is 0 Å². The van der Waals surface area contributed by atoms with Gasteiger partial charge in [-0.3, -0.25) is 0 Å². The number of anilines is 5. The minimum atomic E-state index is -0.248. The van der Waals surface area contributed by atoms with E-state index in [2.05, 4.69) is 564 Å². The van der Waals surface area contributed by atoms with E-state index in [0.29, 0.717) is 22.3 Å². The zero-order valence-corrected chi connectivity index (χ0v) is 84.7. The van der Waals surface area contributed by atoms with Crippen LogP contribution in [0, 0.1) is 115 Å². The van der Waals surface area contributed by atoms with Crippen LogP contribution in [0.1, 0.15) is 112 Å². The standard InChI is InChI=1S/C145H114N2/c1-15-139(146(140-85-33-108(8)34-86-140)141-87-35-109(9)36-88-141)20-18-16-17-19-115-43-45-116(46-44-115)63-84-132(123-74-53-117(54-75-123)51-52-122-64-93-144(94-65-122)147(142-89-37-110(10)38-90-142)143-91-39-111(11)40-92-143)95-114(14)112(12)41-23-102(2)21-22-103(3)24-42-113(13)145(130-80-59-120(60-81-130)49-47-118-55-76-128(77-56-118)137-98-133(124-66-25-104(4)26-67-124)96-134(99-137)125-68-27-105(5)28-69-125)131-82-61-121(62-83-131)50-48-119-57-78-129(79-58-119)138-100-135(126-70-29-106(6)30-71-126)97-136(101-138)127-72-31-107(7)32-73-127/h15-16,18,20,23-46,53-101,145H,1-3,12-14H2,4-11H3/b18-16+,41-23-,42-24-,84-63+,132-95+,139-20+. The molecule has 0 aromatic heterocycles. The van der Waals surface area contributed by atoms with Crippen LogP contribution >= 0.6 is 0 Å². The van der Waals surface area contributed by atoms with Crippen LogP contribution in [0.4, 0.5) is 28.4 Å². The fourth-order valence-corrected chi connectivity index (χ4v) is 17.2. The van der Waals surface area contributed by atoms with Crippen molar-refractivity contribution in [1.29, 1.82) is 0 Å². The second-order valence-electron chi connectivity index (χ2n) is 37.4. The van der Waals surface area contributed by atoms with Crippen molar-refractivity contribution in [3.05, 3.63) is 640 Å². The van der Waals surface area contributed by atoms with E-state index < -0.39 is 0 Å². The predicted molar refractivity (Wildman–Crippen MR) is 628 cm³/mol. The third-order valence-corrected chi connectivity index (χ3v) is 25.9. The van der Waals surface area contributed by atoms with Gasteiger partial charge >= 0.3 is 0 Å². The van der Waals surface area contributed by atoms with E-state index in [0.717, 1.165) is 129 Å². The Morgan fingerprint density at radius 3 is 0.871 bits per heavy atom. The first kappa shape index (κ1) is 99.6. The Hall–Kier alpha value is -19.0.